The summed E-state index contributed by atoms with van der Waals surface area (Å²) >= 11 is 6.05. The van der Waals surface area contributed by atoms with Crippen molar-refractivity contribution < 1.29 is 14.3 Å². The Bertz CT molecular complexity index is 715. The second kappa shape index (κ2) is 8.23. The number of halogens is 1. The molecular weight excluding hydrogens is 340 g/mol. The molecule has 0 bridgehead atoms. The predicted octanol–water partition coefficient (Wildman–Crippen LogP) is 3.58. The van der Waals surface area contributed by atoms with Crippen molar-refractivity contribution in [1.82, 2.24) is 0 Å². The van der Waals surface area contributed by atoms with Crippen LogP contribution in [0.25, 0.3) is 0 Å². The largest absolute Gasteiger partial charge is 0.479 e. The molecular formula is C19H21ClN2O3. The van der Waals surface area contributed by atoms with Gasteiger partial charge in [0, 0.05) is 24.5 Å². The number of morpholine rings is 1. The van der Waals surface area contributed by atoms with Crippen LogP contribution in [0.5, 0.6) is 5.75 Å². The number of para-hydroxylation sites is 1. The molecule has 0 radical (unpaired) electrons. The molecule has 1 N–H and O–H groups in total. The van der Waals surface area contributed by atoms with Gasteiger partial charge in [-0.25, -0.2) is 0 Å². The van der Waals surface area contributed by atoms with E-state index in [1.165, 1.54) is 0 Å². The van der Waals surface area contributed by atoms with Crippen molar-refractivity contribution in [3.63, 3.8) is 0 Å². The van der Waals surface area contributed by atoms with Crippen molar-refractivity contribution in [2.24, 2.45) is 0 Å². The molecule has 1 amide bonds. The van der Waals surface area contributed by atoms with Crippen molar-refractivity contribution in [2.75, 3.05) is 36.5 Å². The molecule has 1 saturated heterocycles. The van der Waals surface area contributed by atoms with Crippen molar-refractivity contribution in [3.8, 4) is 5.75 Å². The SMILES string of the molecule is CC(Oc1ccccc1Cl)C(=O)Nc1ccc(N2CCOCC2)cc1. The van der Waals surface area contributed by atoms with Crippen LogP contribution in [0.3, 0.4) is 0 Å². The van der Waals surface area contributed by atoms with Crippen molar-refractivity contribution in [2.45, 2.75) is 13.0 Å². The number of carbonyl (C=O) groups excluding carboxylic acids is 1. The van der Waals surface area contributed by atoms with Crippen LogP contribution in [0, 0.1) is 0 Å². The highest BCUT2D eigenvalue weighted by atomic mass is 35.5. The average molecular weight is 361 g/mol. The maximum absolute atomic E-state index is 12.3. The highest BCUT2D eigenvalue weighted by Crippen LogP contribution is 2.24. The number of amides is 1. The van der Waals surface area contributed by atoms with Gasteiger partial charge < -0.3 is 19.7 Å². The molecule has 1 unspecified atom stereocenters. The minimum absolute atomic E-state index is 0.223. The lowest BCUT2D eigenvalue weighted by Crippen LogP contribution is -2.36. The molecule has 25 heavy (non-hydrogen) atoms. The highest BCUT2D eigenvalue weighted by molar-refractivity contribution is 6.32. The summed E-state index contributed by atoms with van der Waals surface area (Å²) in [7, 11) is 0. The monoisotopic (exact) mass is 360 g/mol. The molecule has 0 aromatic heterocycles. The summed E-state index contributed by atoms with van der Waals surface area (Å²) in [5.41, 5.74) is 1.86. The summed E-state index contributed by atoms with van der Waals surface area (Å²) < 4.78 is 11.0. The van der Waals surface area contributed by atoms with E-state index in [9.17, 15) is 4.79 Å². The van der Waals surface area contributed by atoms with Crippen molar-refractivity contribution in [1.29, 1.82) is 0 Å². The molecule has 6 heteroatoms. The van der Waals surface area contributed by atoms with Gasteiger partial charge in [-0.05, 0) is 43.3 Å². The number of nitrogens with one attached hydrogen (secondary N) is 1. The molecule has 132 valence electrons. The summed E-state index contributed by atoms with van der Waals surface area (Å²) in [5.74, 6) is 0.272. The van der Waals surface area contributed by atoms with E-state index in [1.54, 1.807) is 19.1 Å². The van der Waals surface area contributed by atoms with Crippen LogP contribution in [-0.4, -0.2) is 38.3 Å². The van der Waals surface area contributed by atoms with Gasteiger partial charge in [-0.3, -0.25) is 4.79 Å². The first kappa shape index (κ1) is 17.6. The van der Waals surface area contributed by atoms with Gasteiger partial charge in [-0.15, -0.1) is 0 Å². The van der Waals surface area contributed by atoms with E-state index in [-0.39, 0.29) is 5.91 Å². The molecule has 1 aliphatic heterocycles. The van der Waals surface area contributed by atoms with E-state index in [0.29, 0.717) is 10.8 Å². The Morgan fingerprint density at radius 1 is 1.16 bits per heavy atom. The van der Waals surface area contributed by atoms with Crippen LogP contribution < -0.4 is 15.0 Å². The second-order valence-electron chi connectivity index (χ2n) is 5.83. The van der Waals surface area contributed by atoms with Gasteiger partial charge in [-0.2, -0.15) is 0 Å². The van der Waals surface area contributed by atoms with Gasteiger partial charge in [-0.1, -0.05) is 23.7 Å². The lowest BCUT2D eigenvalue weighted by molar-refractivity contribution is -0.122. The zero-order valence-electron chi connectivity index (χ0n) is 14.1. The summed E-state index contributed by atoms with van der Waals surface area (Å²) in [6, 6.07) is 14.9. The topological polar surface area (TPSA) is 50.8 Å². The van der Waals surface area contributed by atoms with Crippen LogP contribution in [0.4, 0.5) is 11.4 Å². The Kier molecular flexibility index (Phi) is 5.79. The normalized spacial score (nSPS) is 15.5. The Hall–Kier alpha value is -2.24. The first-order chi connectivity index (χ1) is 12.1. The van der Waals surface area contributed by atoms with Crippen LogP contribution in [-0.2, 0) is 9.53 Å². The third kappa shape index (κ3) is 4.65. The molecule has 3 rings (SSSR count). The number of ether oxygens (including phenoxy) is 2. The molecule has 2 aromatic rings. The molecule has 5 nitrogen and oxygen atoms in total. The number of anilines is 2. The van der Waals surface area contributed by atoms with E-state index in [1.807, 2.05) is 36.4 Å². The first-order valence-corrected chi connectivity index (χ1v) is 8.66. The first-order valence-electron chi connectivity index (χ1n) is 8.28. The van der Waals surface area contributed by atoms with Gasteiger partial charge in [0.2, 0.25) is 0 Å². The Balaban J connectivity index is 1.57. The van der Waals surface area contributed by atoms with E-state index in [4.69, 9.17) is 21.1 Å². The van der Waals surface area contributed by atoms with E-state index in [0.717, 1.165) is 37.7 Å². The molecule has 1 heterocycles. The standard InChI is InChI=1S/C19H21ClN2O3/c1-14(25-18-5-3-2-4-17(18)20)19(23)21-15-6-8-16(9-7-15)22-10-12-24-13-11-22/h2-9,14H,10-13H2,1H3,(H,21,23). The minimum Gasteiger partial charge on any atom is -0.479 e. The predicted molar refractivity (Wildman–Crippen MR) is 99.6 cm³/mol. The van der Waals surface area contributed by atoms with Crippen LogP contribution >= 0.6 is 11.6 Å². The maximum Gasteiger partial charge on any atom is 0.265 e. The lowest BCUT2D eigenvalue weighted by Gasteiger charge is -2.29. The smallest absolute Gasteiger partial charge is 0.265 e. The average Bonchev–Trinajstić information content (AvgIpc) is 2.65. The number of hydrogen-bond donors (Lipinski definition) is 1. The molecule has 1 atom stereocenters. The zero-order chi connectivity index (χ0) is 17.6. The molecule has 0 aliphatic carbocycles. The quantitative estimate of drug-likeness (QED) is 0.885. The van der Waals surface area contributed by atoms with E-state index >= 15 is 0 Å². The maximum atomic E-state index is 12.3. The Labute approximate surface area is 152 Å². The van der Waals surface area contributed by atoms with Crippen LogP contribution in [0.1, 0.15) is 6.92 Å². The lowest BCUT2D eigenvalue weighted by atomic mass is 10.2. The molecule has 0 spiro atoms. The second-order valence-corrected chi connectivity index (χ2v) is 6.23. The number of benzene rings is 2. The summed E-state index contributed by atoms with van der Waals surface area (Å²) in [6.45, 7) is 4.95. The molecule has 2 aromatic carbocycles. The Morgan fingerprint density at radius 3 is 2.52 bits per heavy atom. The molecule has 0 saturated carbocycles. The van der Waals surface area contributed by atoms with Gasteiger partial charge in [0.15, 0.2) is 6.10 Å². The van der Waals surface area contributed by atoms with Gasteiger partial charge in [0.25, 0.3) is 5.91 Å². The number of rotatable bonds is 5. The van der Waals surface area contributed by atoms with Crippen LogP contribution in [0.15, 0.2) is 48.5 Å². The van der Waals surface area contributed by atoms with Crippen molar-refractivity contribution in [3.05, 3.63) is 53.6 Å². The zero-order valence-corrected chi connectivity index (χ0v) is 14.8. The van der Waals surface area contributed by atoms with Gasteiger partial charge in [0.1, 0.15) is 5.75 Å². The van der Waals surface area contributed by atoms with Crippen LogP contribution in [0.2, 0.25) is 5.02 Å². The number of carbonyl (C=O) groups is 1. The fourth-order valence-electron chi connectivity index (χ4n) is 2.61. The highest BCUT2D eigenvalue weighted by Gasteiger charge is 2.16. The summed E-state index contributed by atoms with van der Waals surface area (Å²) in [4.78, 5) is 14.6. The molecule has 1 fully saturated rings. The fourth-order valence-corrected chi connectivity index (χ4v) is 2.79. The number of nitrogens with zero attached hydrogens (tertiary/aromatic N) is 1. The summed E-state index contributed by atoms with van der Waals surface area (Å²) in [5, 5.41) is 3.34. The molecule has 1 aliphatic rings. The van der Waals surface area contributed by atoms with Crippen molar-refractivity contribution >= 4 is 28.9 Å². The Morgan fingerprint density at radius 2 is 1.84 bits per heavy atom. The third-order valence-corrected chi connectivity index (χ3v) is 4.33. The van der Waals surface area contributed by atoms with Gasteiger partial charge in [0.05, 0.1) is 18.2 Å². The van der Waals surface area contributed by atoms with Gasteiger partial charge >= 0.3 is 0 Å². The summed E-state index contributed by atoms with van der Waals surface area (Å²) in [6.07, 6.45) is -0.654. The number of hydrogen-bond acceptors (Lipinski definition) is 4. The minimum atomic E-state index is -0.654. The third-order valence-electron chi connectivity index (χ3n) is 4.02. The fraction of sp³-hybridized carbons (Fsp3) is 0.316. The van der Waals surface area contributed by atoms with E-state index in [2.05, 4.69) is 10.2 Å². The van der Waals surface area contributed by atoms with E-state index < -0.39 is 6.10 Å².